The molecular weight excluding hydrogens is 484 g/mol. The summed E-state index contributed by atoms with van der Waals surface area (Å²) < 4.78 is 41.3. The van der Waals surface area contributed by atoms with Gasteiger partial charge in [-0.15, -0.1) is 11.3 Å². The lowest BCUT2D eigenvalue weighted by Crippen LogP contribution is -2.36. The van der Waals surface area contributed by atoms with Crippen LogP contribution in [-0.2, 0) is 31.5 Å². The number of nitrogens with zero attached hydrogens (tertiary/aromatic N) is 1. The Hall–Kier alpha value is -2.82. The Balaban J connectivity index is 1.54. The summed E-state index contributed by atoms with van der Waals surface area (Å²) in [5.41, 5.74) is 3.13. The van der Waals surface area contributed by atoms with Crippen LogP contribution in [0.25, 0.3) is 22.6 Å². The van der Waals surface area contributed by atoms with Gasteiger partial charge in [0.2, 0.25) is 15.9 Å². The quantitative estimate of drug-likeness (QED) is 0.377. The average molecular weight is 511 g/mol. The minimum atomic E-state index is -3.78. The Morgan fingerprint density at radius 3 is 2.40 bits per heavy atom. The monoisotopic (exact) mass is 510 g/mol. The molecule has 1 saturated heterocycles. The van der Waals surface area contributed by atoms with Crippen molar-refractivity contribution in [1.82, 2.24) is 4.98 Å². The van der Waals surface area contributed by atoms with Crippen LogP contribution < -0.4 is 5.14 Å². The van der Waals surface area contributed by atoms with Crippen LogP contribution in [0.2, 0.25) is 0 Å². The van der Waals surface area contributed by atoms with Crippen LogP contribution in [-0.4, -0.2) is 33.7 Å². The lowest BCUT2D eigenvalue weighted by Gasteiger charge is -2.36. The second kappa shape index (κ2) is 9.67. The van der Waals surface area contributed by atoms with Crippen molar-refractivity contribution in [1.29, 1.82) is 0 Å². The normalized spacial score (nSPS) is 15.8. The number of thiophene rings is 1. The highest BCUT2D eigenvalue weighted by Crippen LogP contribution is 2.41. The van der Waals surface area contributed by atoms with E-state index in [-0.39, 0.29) is 10.5 Å². The number of primary sulfonamides is 1. The zero-order valence-electron chi connectivity index (χ0n) is 19.3. The Kier molecular flexibility index (Phi) is 6.61. The molecule has 0 spiro atoms. The van der Waals surface area contributed by atoms with Crippen LogP contribution in [0.4, 0.5) is 0 Å². The van der Waals surface area contributed by atoms with Gasteiger partial charge in [0.15, 0.2) is 5.76 Å². The van der Waals surface area contributed by atoms with Crippen molar-refractivity contribution < 1.29 is 22.3 Å². The van der Waals surface area contributed by atoms with Gasteiger partial charge in [-0.1, -0.05) is 30.3 Å². The summed E-state index contributed by atoms with van der Waals surface area (Å²) in [7, 11) is -2.02. The Bertz CT molecular complexity index is 1400. The first kappa shape index (κ1) is 23.9. The zero-order valence-corrected chi connectivity index (χ0v) is 20.9. The third kappa shape index (κ3) is 4.82. The smallest absolute Gasteiger partial charge is 0.238 e. The van der Waals surface area contributed by atoms with E-state index in [0.717, 1.165) is 34.4 Å². The van der Waals surface area contributed by atoms with E-state index >= 15 is 0 Å². The molecule has 0 unspecified atom stereocenters. The van der Waals surface area contributed by atoms with E-state index in [1.54, 1.807) is 30.6 Å². The molecule has 182 valence electrons. The highest BCUT2D eigenvalue weighted by molar-refractivity contribution is 7.89. The standard InChI is InChI=1S/C26H26N2O5S2/c1-31-26(12-14-32-15-13-26)21-11-16-34-22(21)17-23-28-24(18-5-3-2-4-6-18)25(33-23)19-7-9-20(10-8-19)35(27,29)30/h2-11,16H,12-15,17H2,1H3,(H2,27,29,30). The second-order valence-electron chi connectivity index (χ2n) is 8.47. The summed E-state index contributed by atoms with van der Waals surface area (Å²) in [6.45, 7) is 1.33. The molecule has 0 radical (unpaired) electrons. The van der Waals surface area contributed by atoms with Gasteiger partial charge in [0, 0.05) is 49.2 Å². The summed E-state index contributed by atoms with van der Waals surface area (Å²) in [5, 5.41) is 7.34. The fourth-order valence-electron chi connectivity index (χ4n) is 4.53. The maximum atomic E-state index is 11.7. The number of nitrogens with two attached hydrogens (primary N) is 1. The highest BCUT2D eigenvalue weighted by atomic mass is 32.2. The molecule has 1 fully saturated rings. The largest absolute Gasteiger partial charge is 0.440 e. The lowest BCUT2D eigenvalue weighted by atomic mass is 9.86. The first-order chi connectivity index (χ1) is 16.9. The van der Waals surface area contributed by atoms with Gasteiger partial charge in [0.25, 0.3) is 0 Å². The van der Waals surface area contributed by atoms with Gasteiger partial charge in [-0.05, 0) is 41.3 Å². The van der Waals surface area contributed by atoms with E-state index in [9.17, 15) is 8.42 Å². The molecule has 0 bridgehead atoms. The van der Waals surface area contributed by atoms with Gasteiger partial charge < -0.3 is 13.9 Å². The molecule has 1 aliphatic rings. The summed E-state index contributed by atoms with van der Waals surface area (Å²) >= 11 is 1.66. The molecule has 0 amide bonds. The van der Waals surface area contributed by atoms with Gasteiger partial charge >= 0.3 is 0 Å². The lowest BCUT2D eigenvalue weighted by molar-refractivity contribution is -0.0949. The molecule has 0 aliphatic carbocycles. The maximum absolute atomic E-state index is 11.7. The van der Waals surface area contributed by atoms with Crippen LogP contribution in [0.15, 0.2) is 75.4 Å². The van der Waals surface area contributed by atoms with Crippen molar-refractivity contribution in [2.24, 2.45) is 5.14 Å². The fourth-order valence-corrected chi connectivity index (χ4v) is 6.00. The first-order valence-corrected chi connectivity index (χ1v) is 13.7. The molecule has 4 aromatic rings. The number of ether oxygens (including phenoxy) is 2. The molecule has 3 heterocycles. The van der Waals surface area contributed by atoms with E-state index < -0.39 is 10.0 Å². The third-order valence-electron chi connectivity index (χ3n) is 6.40. The topological polar surface area (TPSA) is 105 Å². The van der Waals surface area contributed by atoms with Gasteiger partial charge in [-0.25, -0.2) is 18.5 Å². The van der Waals surface area contributed by atoms with Crippen molar-refractivity contribution in [3.63, 3.8) is 0 Å². The summed E-state index contributed by atoms with van der Waals surface area (Å²) in [4.78, 5) is 6.06. The number of methoxy groups -OCH3 is 1. The molecule has 1 aliphatic heterocycles. The predicted octanol–water partition coefficient (Wildman–Crippen LogP) is 4.96. The Labute approximate surface area is 208 Å². The van der Waals surface area contributed by atoms with Crippen LogP contribution in [0.1, 0.15) is 29.2 Å². The SMILES string of the molecule is COC1(c2ccsc2Cc2nc(-c3ccccc3)c(-c3ccc(S(N)(=O)=O)cc3)o2)CCOCC1. The molecule has 0 atom stereocenters. The van der Waals surface area contributed by atoms with Crippen LogP contribution >= 0.6 is 11.3 Å². The maximum Gasteiger partial charge on any atom is 0.238 e. The van der Waals surface area contributed by atoms with Gasteiger partial charge in [0.1, 0.15) is 5.69 Å². The van der Waals surface area contributed by atoms with Crippen molar-refractivity contribution in [2.45, 2.75) is 29.8 Å². The second-order valence-corrected chi connectivity index (χ2v) is 11.0. The van der Waals surface area contributed by atoms with Crippen molar-refractivity contribution in [3.05, 3.63) is 82.4 Å². The molecule has 2 aromatic heterocycles. The van der Waals surface area contributed by atoms with Gasteiger partial charge in [0.05, 0.1) is 16.9 Å². The van der Waals surface area contributed by atoms with E-state index in [2.05, 4.69) is 11.4 Å². The highest BCUT2D eigenvalue weighted by Gasteiger charge is 2.37. The number of hydrogen-bond donors (Lipinski definition) is 1. The number of aromatic nitrogens is 1. The van der Waals surface area contributed by atoms with Crippen molar-refractivity contribution in [2.75, 3.05) is 20.3 Å². The van der Waals surface area contributed by atoms with E-state index in [1.807, 2.05) is 30.3 Å². The van der Waals surface area contributed by atoms with Crippen LogP contribution in [0, 0.1) is 0 Å². The summed E-state index contributed by atoms with van der Waals surface area (Å²) in [5.74, 6) is 1.16. The van der Waals surface area contributed by atoms with Crippen molar-refractivity contribution in [3.8, 4) is 22.6 Å². The summed E-state index contributed by atoms with van der Waals surface area (Å²) in [6.07, 6.45) is 2.12. The Morgan fingerprint density at radius 2 is 1.74 bits per heavy atom. The fraction of sp³-hybridized carbons (Fsp3) is 0.269. The molecule has 0 saturated carbocycles. The van der Waals surface area contributed by atoms with E-state index in [4.69, 9.17) is 24.0 Å². The molecule has 5 rings (SSSR count). The molecule has 35 heavy (non-hydrogen) atoms. The Morgan fingerprint density at radius 1 is 1.03 bits per heavy atom. The number of hydrogen-bond acceptors (Lipinski definition) is 7. The number of sulfonamides is 1. The van der Waals surface area contributed by atoms with Crippen LogP contribution in [0.5, 0.6) is 0 Å². The van der Waals surface area contributed by atoms with Crippen LogP contribution in [0.3, 0.4) is 0 Å². The predicted molar refractivity (Wildman–Crippen MR) is 135 cm³/mol. The minimum absolute atomic E-state index is 0.0480. The number of benzene rings is 2. The zero-order chi connectivity index (χ0) is 24.5. The van der Waals surface area contributed by atoms with Gasteiger partial charge in [-0.3, -0.25) is 0 Å². The minimum Gasteiger partial charge on any atom is -0.440 e. The van der Waals surface area contributed by atoms with E-state index in [0.29, 0.717) is 37.0 Å². The molecule has 2 aromatic carbocycles. The molecule has 2 N–H and O–H groups in total. The third-order valence-corrected chi connectivity index (χ3v) is 8.25. The van der Waals surface area contributed by atoms with Crippen molar-refractivity contribution >= 4 is 21.4 Å². The molecular formula is C26H26N2O5S2. The average Bonchev–Trinajstić information content (AvgIpc) is 3.52. The number of rotatable bonds is 7. The molecule has 9 heteroatoms. The van der Waals surface area contributed by atoms with E-state index in [1.165, 1.54) is 12.1 Å². The van der Waals surface area contributed by atoms with Gasteiger partial charge in [-0.2, -0.15) is 0 Å². The number of oxazole rings is 1. The molecule has 7 nitrogen and oxygen atoms in total. The first-order valence-electron chi connectivity index (χ1n) is 11.3. The summed E-state index contributed by atoms with van der Waals surface area (Å²) in [6, 6.07) is 18.3.